The first-order valence-corrected chi connectivity index (χ1v) is 4.64. The van der Waals surface area contributed by atoms with Crippen molar-refractivity contribution in [1.29, 1.82) is 0 Å². The summed E-state index contributed by atoms with van der Waals surface area (Å²) in [4.78, 5) is 12.2. The first kappa shape index (κ1) is 9.98. The van der Waals surface area contributed by atoms with E-state index in [0.29, 0.717) is 0 Å². The summed E-state index contributed by atoms with van der Waals surface area (Å²) in [6.45, 7) is 0. The smallest absolute Gasteiger partial charge is 0.217 e. The van der Waals surface area contributed by atoms with Crippen LogP contribution in [0, 0.1) is 0 Å². The lowest BCUT2D eigenvalue weighted by Crippen LogP contribution is -2.29. The lowest BCUT2D eigenvalue weighted by atomic mass is 10.2. The SMILES string of the molecule is CSCC[C@@H]([C]=O)N(C)C. The summed E-state index contributed by atoms with van der Waals surface area (Å²) in [5.74, 6) is 1.03. The fourth-order valence-electron chi connectivity index (χ4n) is 0.652. The molecule has 1 radical (unpaired) electrons. The van der Waals surface area contributed by atoms with E-state index < -0.39 is 0 Å². The topological polar surface area (TPSA) is 20.3 Å². The van der Waals surface area contributed by atoms with E-state index in [9.17, 15) is 4.79 Å². The van der Waals surface area contributed by atoms with Gasteiger partial charge in [-0.1, -0.05) is 0 Å². The van der Waals surface area contributed by atoms with E-state index >= 15 is 0 Å². The molecule has 0 unspecified atom stereocenters. The van der Waals surface area contributed by atoms with Gasteiger partial charge < -0.3 is 0 Å². The molecule has 0 aromatic rings. The van der Waals surface area contributed by atoms with Gasteiger partial charge >= 0.3 is 0 Å². The van der Waals surface area contributed by atoms with Crippen LogP contribution in [0.15, 0.2) is 0 Å². The van der Waals surface area contributed by atoms with Gasteiger partial charge in [-0.15, -0.1) is 0 Å². The zero-order valence-corrected chi connectivity index (χ0v) is 7.57. The Morgan fingerprint density at radius 1 is 1.60 bits per heavy atom. The highest BCUT2D eigenvalue weighted by Gasteiger charge is 2.08. The molecule has 1 atom stereocenters. The van der Waals surface area contributed by atoms with Crippen LogP contribution in [0.25, 0.3) is 0 Å². The Bertz CT molecular complexity index is 95.6. The predicted octanol–water partition coefficient (Wildman–Crippen LogP) is 0.779. The van der Waals surface area contributed by atoms with Gasteiger partial charge in [0.05, 0.1) is 6.04 Å². The van der Waals surface area contributed by atoms with Crippen LogP contribution >= 0.6 is 11.8 Å². The van der Waals surface area contributed by atoms with Crippen molar-refractivity contribution in [1.82, 2.24) is 4.90 Å². The molecule has 0 aromatic carbocycles. The molecule has 0 aliphatic carbocycles. The monoisotopic (exact) mass is 160 g/mol. The van der Waals surface area contributed by atoms with E-state index in [-0.39, 0.29) is 6.04 Å². The second-order valence-electron chi connectivity index (χ2n) is 2.38. The molecule has 0 fully saturated rings. The number of nitrogens with zero attached hydrogens (tertiary/aromatic N) is 1. The standard InChI is InChI=1S/C7H14NOS/c1-8(2)7(6-9)4-5-10-3/h7H,4-5H2,1-3H3/t7-/m0/s1. The van der Waals surface area contributed by atoms with Crippen molar-refractivity contribution in [3.05, 3.63) is 0 Å². The van der Waals surface area contributed by atoms with Gasteiger partial charge in [-0.25, -0.2) is 0 Å². The van der Waals surface area contributed by atoms with Crippen molar-refractivity contribution in [2.45, 2.75) is 12.5 Å². The van der Waals surface area contributed by atoms with Crippen LogP contribution in [0.1, 0.15) is 6.42 Å². The summed E-state index contributed by atoms with van der Waals surface area (Å²) in [6, 6.07) is -0.0209. The summed E-state index contributed by atoms with van der Waals surface area (Å²) < 4.78 is 0. The van der Waals surface area contributed by atoms with E-state index in [1.54, 1.807) is 11.8 Å². The van der Waals surface area contributed by atoms with Crippen LogP contribution in [0.5, 0.6) is 0 Å². The molecule has 0 aliphatic rings. The molecule has 10 heavy (non-hydrogen) atoms. The number of carbonyl (C=O) groups excluding carboxylic acids is 1. The largest absolute Gasteiger partial charge is 0.299 e. The highest BCUT2D eigenvalue weighted by atomic mass is 32.2. The molecule has 0 saturated carbocycles. The molecule has 0 saturated heterocycles. The third kappa shape index (κ3) is 3.90. The Morgan fingerprint density at radius 3 is 2.50 bits per heavy atom. The normalized spacial score (nSPS) is 13.6. The fraction of sp³-hybridized carbons (Fsp3) is 0.857. The lowest BCUT2D eigenvalue weighted by molar-refractivity contribution is 0.343. The molecule has 2 nitrogen and oxygen atoms in total. The van der Waals surface area contributed by atoms with Crippen LogP contribution in [0.4, 0.5) is 0 Å². The third-order valence-electron chi connectivity index (χ3n) is 1.35. The summed E-state index contributed by atoms with van der Waals surface area (Å²) >= 11 is 1.76. The summed E-state index contributed by atoms with van der Waals surface area (Å²) in [5, 5.41) is 0. The fourth-order valence-corrected chi connectivity index (χ4v) is 1.11. The number of thioether (sulfide) groups is 1. The van der Waals surface area contributed by atoms with Gasteiger partial charge in [0.1, 0.15) is 0 Å². The second kappa shape index (κ2) is 5.74. The van der Waals surface area contributed by atoms with Crippen molar-refractivity contribution >= 4 is 18.0 Å². The number of likely N-dealkylation sites (N-methyl/N-ethyl adjacent to an activating group) is 1. The molecule has 0 heterocycles. The van der Waals surface area contributed by atoms with Gasteiger partial charge in [-0.2, -0.15) is 11.8 Å². The zero-order valence-electron chi connectivity index (χ0n) is 6.76. The first-order chi connectivity index (χ1) is 4.72. The minimum atomic E-state index is -0.0209. The van der Waals surface area contributed by atoms with Crippen molar-refractivity contribution in [3.63, 3.8) is 0 Å². The molecule has 0 aromatic heterocycles. The van der Waals surface area contributed by atoms with Gasteiger partial charge in [0, 0.05) is 0 Å². The predicted molar refractivity (Wildman–Crippen MR) is 46.2 cm³/mol. The Kier molecular flexibility index (Phi) is 5.73. The van der Waals surface area contributed by atoms with Crippen LogP contribution in [-0.2, 0) is 4.79 Å². The Labute approximate surface area is 67.0 Å². The van der Waals surface area contributed by atoms with Gasteiger partial charge in [-0.3, -0.25) is 9.69 Å². The molecule has 0 rings (SSSR count). The van der Waals surface area contributed by atoms with Gasteiger partial charge in [-0.05, 0) is 32.5 Å². The van der Waals surface area contributed by atoms with Crippen LogP contribution in [0.3, 0.4) is 0 Å². The summed E-state index contributed by atoms with van der Waals surface area (Å²) in [6.07, 6.45) is 4.94. The average Bonchev–Trinajstić information content (AvgIpc) is 1.89. The second-order valence-corrected chi connectivity index (χ2v) is 3.36. The molecule has 0 N–H and O–H groups in total. The molecule has 0 spiro atoms. The van der Waals surface area contributed by atoms with Crippen LogP contribution in [0.2, 0.25) is 0 Å². The molecule has 59 valence electrons. The van der Waals surface area contributed by atoms with E-state index in [0.717, 1.165) is 12.2 Å². The molecular weight excluding hydrogens is 146 g/mol. The maximum atomic E-state index is 10.3. The maximum Gasteiger partial charge on any atom is 0.217 e. The number of hydrogen-bond acceptors (Lipinski definition) is 3. The third-order valence-corrected chi connectivity index (χ3v) is 2.00. The maximum absolute atomic E-state index is 10.3. The summed E-state index contributed by atoms with van der Waals surface area (Å²) in [7, 11) is 3.80. The quantitative estimate of drug-likeness (QED) is 0.593. The van der Waals surface area contributed by atoms with Gasteiger partial charge in [0.15, 0.2) is 0 Å². The first-order valence-electron chi connectivity index (χ1n) is 3.25. The van der Waals surface area contributed by atoms with Crippen LogP contribution in [-0.4, -0.2) is 43.3 Å². The highest BCUT2D eigenvalue weighted by Crippen LogP contribution is 2.02. The van der Waals surface area contributed by atoms with Crippen molar-refractivity contribution in [2.75, 3.05) is 26.1 Å². The van der Waals surface area contributed by atoms with E-state index in [1.165, 1.54) is 0 Å². The van der Waals surface area contributed by atoms with E-state index in [2.05, 4.69) is 0 Å². The molecule has 0 bridgehead atoms. The van der Waals surface area contributed by atoms with Crippen molar-refractivity contribution in [2.24, 2.45) is 0 Å². The Hall–Kier alpha value is -0.0200. The van der Waals surface area contributed by atoms with Gasteiger partial charge in [0.2, 0.25) is 6.29 Å². The Morgan fingerprint density at radius 2 is 2.20 bits per heavy atom. The van der Waals surface area contributed by atoms with E-state index in [4.69, 9.17) is 0 Å². The number of hydrogen-bond donors (Lipinski definition) is 0. The minimum absolute atomic E-state index is 0.0209. The number of rotatable bonds is 5. The summed E-state index contributed by atoms with van der Waals surface area (Å²) in [5.41, 5.74) is 0. The molecular formula is C7H14NOS. The van der Waals surface area contributed by atoms with E-state index in [1.807, 2.05) is 31.5 Å². The molecule has 3 heteroatoms. The van der Waals surface area contributed by atoms with Crippen molar-refractivity contribution in [3.8, 4) is 0 Å². The lowest BCUT2D eigenvalue weighted by Gasteiger charge is -2.16. The molecule has 0 amide bonds. The van der Waals surface area contributed by atoms with Gasteiger partial charge in [0.25, 0.3) is 0 Å². The highest BCUT2D eigenvalue weighted by molar-refractivity contribution is 7.98. The van der Waals surface area contributed by atoms with Crippen molar-refractivity contribution < 1.29 is 4.79 Å². The minimum Gasteiger partial charge on any atom is -0.299 e. The van der Waals surface area contributed by atoms with Crippen LogP contribution < -0.4 is 0 Å². The average molecular weight is 160 g/mol. The Balaban J connectivity index is 3.50. The molecule has 0 aliphatic heterocycles. The zero-order chi connectivity index (χ0) is 7.98.